The van der Waals surface area contributed by atoms with E-state index in [4.69, 9.17) is 9.47 Å². The van der Waals surface area contributed by atoms with E-state index in [1.807, 2.05) is 17.0 Å². The van der Waals surface area contributed by atoms with Crippen LogP contribution in [0.3, 0.4) is 0 Å². The molecule has 142 valence electrons. The van der Waals surface area contributed by atoms with Crippen LogP contribution in [-0.4, -0.2) is 51.4 Å². The molecule has 0 fully saturated rings. The van der Waals surface area contributed by atoms with Gasteiger partial charge in [0.15, 0.2) is 17.5 Å². The van der Waals surface area contributed by atoms with Crippen LogP contribution >= 0.6 is 24.0 Å². The summed E-state index contributed by atoms with van der Waals surface area (Å²) in [6.45, 7) is 1.04. The fourth-order valence-electron chi connectivity index (χ4n) is 2.71. The third-order valence-corrected chi connectivity index (χ3v) is 3.92. The summed E-state index contributed by atoms with van der Waals surface area (Å²) in [5.41, 5.74) is 2.20. The Bertz CT molecular complexity index is 609. The van der Waals surface area contributed by atoms with Crippen LogP contribution in [-0.2, 0) is 13.0 Å². The lowest BCUT2D eigenvalue weighted by Gasteiger charge is -2.32. The molecule has 1 heterocycles. The summed E-state index contributed by atoms with van der Waals surface area (Å²) in [4.78, 5) is 6.02. The average Bonchev–Trinajstić information content (AvgIpc) is 2.56. The summed E-state index contributed by atoms with van der Waals surface area (Å²) >= 11 is 0. The first-order valence-corrected chi connectivity index (χ1v) is 7.64. The van der Waals surface area contributed by atoms with E-state index in [9.17, 15) is 13.2 Å². The van der Waals surface area contributed by atoms with Crippen molar-refractivity contribution in [2.45, 2.75) is 25.6 Å². The molecule has 0 saturated carbocycles. The molecule has 1 aromatic carbocycles. The molecule has 9 heteroatoms. The predicted octanol–water partition coefficient (Wildman–Crippen LogP) is 3.21. The molecule has 1 aliphatic rings. The van der Waals surface area contributed by atoms with E-state index in [2.05, 4.69) is 10.3 Å². The highest BCUT2D eigenvalue weighted by atomic mass is 127. The minimum Gasteiger partial charge on any atom is -0.493 e. The number of fused-ring (bicyclic) bond motifs is 1. The van der Waals surface area contributed by atoms with E-state index in [1.165, 1.54) is 0 Å². The first-order chi connectivity index (χ1) is 11.4. The third kappa shape index (κ3) is 5.82. The van der Waals surface area contributed by atoms with Gasteiger partial charge in [-0.25, -0.2) is 0 Å². The van der Waals surface area contributed by atoms with E-state index >= 15 is 0 Å². The van der Waals surface area contributed by atoms with Crippen LogP contribution in [0.25, 0.3) is 0 Å². The largest absolute Gasteiger partial charge is 0.493 e. The Morgan fingerprint density at radius 1 is 1.20 bits per heavy atom. The highest BCUT2D eigenvalue weighted by molar-refractivity contribution is 14.0. The van der Waals surface area contributed by atoms with Gasteiger partial charge in [0.1, 0.15) is 0 Å². The number of hydrogen-bond donors (Lipinski definition) is 1. The summed E-state index contributed by atoms with van der Waals surface area (Å²) < 4.78 is 47.5. The third-order valence-electron chi connectivity index (χ3n) is 3.92. The molecule has 1 N–H and O–H groups in total. The van der Waals surface area contributed by atoms with E-state index in [1.54, 1.807) is 21.3 Å². The summed E-state index contributed by atoms with van der Waals surface area (Å²) in [6, 6.07) is 3.86. The molecule has 0 atom stereocenters. The zero-order valence-corrected chi connectivity index (χ0v) is 16.8. The molecule has 0 aromatic heterocycles. The van der Waals surface area contributed by atoms with E-state index in [0.717, 1.165) is 17.5 Å². The monoisotopic (exact) mass is 473 g/mol. The van der Waals surface area contributed by atoms with Crippen molar-refractivity contribution in [2.24, 2.45) is 4.99 Å². The van der Waals surface area contributed by atoms with Gasteiger partial charge in [0.2, 0.25) is 0 Å². The van der Waals surface area contributed by atoms with Gasteiger partial charge in [-0.15, -0.1) is 24.0 Å². The van der Waals surface area contributed by atoms with Crippen LogP contribution < -0.4 is 14.8 Å². The van der Waals surface area contributed by atoms with Gasteiger partial charge in [-0.2, -0.15) is 13.2 Å². The first kappa shape index (κ1) is 21.7. The van der Waals surface area contributed by atoms with Gasteiger partial charge in [0.25, 0.3) is 0 Å². The van der Waals surface area contributed by atoms with Crippen molar-refractivity contribution in [3.8, 4) is 11.5 Å². The molecule has 0 unspecified atom stereocenters. The Labute approximate surface area is 162 Å². The summed E-state index contributed by atoms with van der Waals surface area (Å²) in [5.74, 6) is 1.79. The first-order valence-electron chi connectivity index (χ1n) is 7.64. The molecule has 1 aromatic rings. The fourth-order valence-corrected chi connectivity index (χ4v) is 2.71. The predicted molar refractivity (Wildman–Crippen MR) is 101 cm³/mol. The summed E-state index contributed by atoms with van der Waals surface area (Å²) in [7, 11) is 4.73. The van der Waals surface area contributed by atoms with Crippen LogP contribution in [0.2, 0.25) is 0 Å². The van der Waals surface area contributed by atoms with Crippen molar-refractivity contribution < 1.29 is 22.6 Å². The summed E-state index contributed by atoms with van der Waals surface area (Å²) in [6.07, 6.45) is -4.30. The van der Waals surface area contributed by atoms with Gasteiger partial charge < -0.3 is 19.7 Å². The number of methoxy groups -OCH3 is 2. The van der Waals surface area contributed by atoms with Crippen molar-refractivity contribution in [3.05, 3.63) is 23.3 Å². The van der Waals surface area contributed by atoms with Gasteiger partial charge in [-0.3, -0.25) is 4.99 Å². The molecule has 0 amide bonds. The number of benzene rings is 1. The molecule has 5 nitrogen and oxygen atoms in total. The van der Waals surface area contributed by atoms with Gasteiger partial charge in [0, 0.05) is 26.7 Å². The number of ether oxygens (including phenoxy) is 2. The maximum absolute atomic E-state index is 12.3. The molecule has 0 saturated heterocycles. The Hall–Kier alpha value is -1.39. The average molecular weight is 473 g/mol. The molecule has 1 aliphatic heterocycles. The minimum atomic E-state index is -4.18. The van der Waals surface area contributed by atoms with Crippen molar-refractivity contribution in [1.29, 1.82) is 0 Å². The number of rotatable bonds is 4. The molecular formula is C16H23F3IN3O2. The lowest BCUT2D eigenvalue weighted by molar-refractivity contribution is -0.132. The minimum absolute atomic E-state index is 0. The molecule has 0 spiro atoms. The molecule has 0 radical (unpaired) electrons. The van der Waals surface area contributed by atoms with E-state index < -0.39 is 12.6 Å². The number of aliphatic imine (C=N–C) groups is 1. The number of alkyl halides is 3. The lowest BCUT2D eigenvalue weighted by Crippen LogP contribution is -2.44. The quantitative estimate of drug-likeness (QED) is 0.415. The van der Waals surface area contributed by atoms with Crippen LogP contribution in [0.4, 0.5) is 13.2 Å². The Balaban J connectivity index is 0.00000312. The van der Waals surface area contributed by atoms with Gasteiger partial charge >= 0.3 is 6.18 Å². The van der Waals surface area contributed by atoms with Gasteiger partial charge in [-0.05, 0) is 29.7 Å². The van der Waals surface area contributed by atoms with Crippen LogP contribution in [0.5, 0.6) is 11.5 Å². The Kier molecular flexibility index (Phi) is 8.10. The molecule has 0 aliphatic carbocycles. The van der Waals surface area contributed by atoms with Gasteiger partial charge in [0.05, 0.1) is 20.6 Å². The SMILES string of the molecule is CN=C(NCCC(F)(F)F)N1CCc2cc(OC)c(OC)cc2C1.I. The zero-order valence-electron chi connectivity index (χ0n) is 14.4. The highest BCUT2D eigenvalue weighted by Crippen LogP contribution is 2.33. The normalized spacial score (nSPS) is 14.5. The van der Waals surface area contributed by atoms with Crippen molar-refractivity contribution in [3.63, 3.8) is 0 Å². The number of guanidine groups is 1. The molecular weight excluding hydrogens is 450 g/mol. The maximum atomic E-state index is 12.3. The van der Waals surface area contributed by atoms with Crippen LogP contribution in [0.15, 0.2) is 17.1 Å². The fraction of sp³-hybridized carbons (Fsp3) is 0.562. The lowest BCUT2D eigenvalue weighted by atomic mass is 9.99. The second kappa shape index (κ2) is 9.35. The number of hydrogen-bond acceptors (Lipinski definition) is 3. The Morgan fingerprint density at radius 2 is 1.80 bits per heavy atom. The van der Waals surface area contributed by atoms with Crippen molar-refractivity contribution in [1.82, 2.24) is 10.2 Å². The summed E-state index contributed by atoms with van der Waals surface area (Å²) in [5, 5.41) is 2.78. The highest BCUT2D eigenvalue weighted by Gasteiger charge is 2.27. The molecule has 2 rings (SSSR count). The van der Waals surface area contributed by atoms with Crippen molar-refractivity contribution >= 4 is 29.9 Å². The smallest absolute Gasteiger partial charge is 0.390 e. The second-order valence-electron chi connectivity index (χ2n) is 5.49. The van der Waals surface area contributed by atoms with Crippen LogP contribution in [0, 0.1) is 0 Å². The standard InChI is InChI=1S/C16H22F3N3O2.HI/c1-20-15(21-6-5-16(17,18)19)22-7-4-11-8-13(23-2)14(24-3)9-12(11)10-22;/h8-9H,4-7,10H2,1-3H3,(H,20,21);1H. The zero-order chi connectivity index (χ0) is 17.7. The van der Waals surface area contributed by atoms with E-state index in [-0.39, 0.29) is 30.5 Å². The Morgan fingerprint density at radius 3 is 2.32 bits per heavy atom. The van der Waals surface area contributed by atoms with E-state index in [0.29, 0.717) is 30.5 Å². The van der Waals surface area contributed by atoms with Gasteiger partial charge in [-0.1, -0.05) is 0 Å². The number of halogens is 4. The molecule has 25 heavy (non-hydrogen) atoms. The van der Waals surface area contributed by atoms with Crippen molar-refractivity contribution in [2.75, 3.05) is 34.4 Å². The molecule has 0 bridgehead atoms. The van der Waals surface area contributed by atoms with Crippen LogP contribution in [0.1, 0.15) is 17.5 Å². The maximum Gasteiger partial charge on any atom is 0.390 e. The topological polar surface area (TPSA) is 46.1 Å². The number of nitrogens with zero attached hydrogens (tertiary/aromatic N) is 2. The number of nitrogens with one attached hydrogen (secondary N) is 1. The second-order valence-corrected chi connectivity index (χ2v) is 5.49.